The van der Waals surface area contributed by atoms with Crippen molar-refractivity contribution in [2.75, 3.05) is 39.3 Å². The van der Waals surface area contributed by atoms with Crippen LogP contribution in [0.5, 0.6) is 0 Å². The standard InChI is InChI=1S/C21H40N4/c22-14-10-17-23-15-8-3-1-2-4-9-16-24-18-11-19-25-20-21-12-6-5-7-13-21/h5-7,12-13,23-25H,1-4,8-11,14-20,22H2/p+3. The lowest BCUT2D eigenvalue weighted by molar-refractivity contribution is -0.689. The van der Waals surface area contributed by atoms with Crippen LogP contribution in [-0.4, -0.2) is 39.3 Å². The van der Waals surface area contributed by atoms with Crippen LogP contribution in [0.3, 0.4) is 0 Å². The fourth-order valence-corrected chi connectivity index (χ4v) is 3.12. The van der Waals surface area contributed by atoms with Crippen molar-refractivity contribution in [2.45, 2.75) is 57.9 Å². The molecule has 0 aliphatic heterocycles. The van der Waals surface area contributed by atoms with Crippen molar-refractivity contribution in [3.05, 3.63) is 35.9 Å². The molecule has 0 radical (unpaired) electrons. The smallest absolute Gasteiger partial charge is 0.101 e. The minimum absolute atomic E-state index is 0.833. The number of unbranched alkanes of at least 4 members (excludes halogenated alkanes) is 5. The Morgan fingerprint density at radius 3 is 1.72 bits per heavy atom. The minimum Gasteiger partial charge on any atom is -0.346 e. The largest absolute Gasteiger partial charge is 0.346 e. The number of hydrogen-bond donors (Lipinski definition) is 4. The molecule has 4 heteroatoms. The first-order valence-electron chi connectivity index (χ1n) is 10.6. The molecule has 0 unspecified atom stereocenters. The lowest BCUT2D eigenvalue weighted by Crippen LogP contribution is -2.87. The molecule has 0 amide bonds. The van der Waals surface area contributed by atoms with Crippen molar-refractivity contribution in [2.24, 2.45) is 5.73 Å². The van der Waals surface area contributed by atoms with E-state index in [0.29, 0.717) is 0 Å². The van der Waals surface area contributed by atoms with E-state index < -0.39 is 0 Å². The second-order valence-corrected chi connectivity index (χ2v) is 7.12. The monoisotopic (exact) mass is 351 g/mol. The Hall–Kier alpha value is -0.940. The van der Waals surface area contributed by atoms with E-state index in [9.17, 15) is 0 Å². The highest BCUT2D eigenvalue weighted by Crippen LogP contribution is 2.03. The molecule has 8 N–H and O–H groups in total. The van der Waals surface area contributed by atoms with Crippen molar-refractivity contribution >= 4 is 0 Å². The summed E-state index contributed by atoms with van der Waals surface area (Å²) >= 11 is 0. The maximum Gasteiger partial charge on any atom is 0.101 e. The highest BCUT2D eigenvalue weighted by Gasteiger charge is 1.97. The molecule has 0 bridgehead atoms. The summed E-state index contributed by atoms with van der Waals surface area (Å²) in [6, 6.07) is 10.8. The highest BCUT2D eigenvalue weighted by molar-refractivity contribution is 5.12. The number of rotatable bonds is 18. The molecule has 0 saturated carbocycles. The molecule has 0 aliphatic rings. The zero-order valence-corrected chi connectivity index (χ0v) is 16.3. The topological polar surface area (TPSA) is 75.8 Å². The third-order valence-corrected chi connectivity index (χ3v) is 4.72. The Morgan fingerprint density at radius 2 is 1.08 bits per heavy atom. The van der Waals surface area contributed by atoms with Gasteiger partial charge in [-0.3, -0.25) is 0 Å². The fraction of sp³-hybridized carbons (Fsp3) is 0.714. The molecule has 0 saturated heterocycles. The molecule has 25 heavy (non-hydrogen) atoms. The molecule has 0 fully saturated rings. The average molecular weight is 352 g/mol. The summed E-state index contributed by atoms with van der Waals surface area (Å²) < 4.78 is 0. The number of benzene rings is 1. The first-order chi connectivity index (χ1) is 12.4. The third kappa shape index (κ3) is 15.1. The molecule has 144 valence electrons. The summed E-state index contributed by atoms with van der Waals surface area (Å²) in [7, 11) is 0. The third-order valence-electron chi connectivity index (χ3n) is 4.72. The van der Waals surface area contributed by atoms with Crippen molar-refractivity contribution in [3.63, 3.8) is 0 Å². The Bertz CT molecular complexity index is 369. The van der Waals surface area contributed by atoms with E-state index in [1.54, 1.807) is 0 Å². The van der Waals surface area contributed by atoms with Crippen LogP contribution in [0, 0.1) is 0 Å². The van der Waals surface area contributed by atoms with Crippen LogP contribution in [0.4, 0.5) is 0 Å². The number of quaternary nitrogens is 3. The molecular weight excluding hydrogens is 308 g/mol. The summed E-state index contributed by atoms with van der Waals surface area (Å²) in [4.78, 5) is 0. The van der Waals surface area contributed by atoms with Gasteiger partial charge in [-0.05, 0) is 32.2 Å². The molecule has 1 aromatic rings. The van der Waals surface area contributed by atoms with Gasteiger partial charge in [0.2, 0.25) is 0 Å². The van der Waals surface area contributed by atoms with Crippen molar-refractivity contribution in [3.8, 4) is 0 Å². The van der Waals surface area contributed by atoms with E-state index >= 15 is 0 Å². The van der Waals surface area contributed by atoms with Crippen molar-refractivity contribution < 1.29 is 16.0 Å². The first kappa shape index (κ1) is 22.1. The predicted molar refractivity (Wildman–Crippen MR) is 106 cm³/mol. The Kier molecular flexibility index (Phi) is 15.8. The molecule has 0 aliphatic carbocycles. The summed E-state index contributed by atoms with van der Waals surface area (Å²) in [5.74, 6) is 0. The van der Waals surface area contributed by atoms with E-state index in [-0.39, 0.29) is 0 Å². The Balaban J connectivity index is 1.69. The van der Waals surface area contributed by atoms with Crippen LogP contribution in [0.15, 0.2) is 30.3 Å². The molecule has 0 aromatic heterocycles. The quantitative estimate of drug-likeness (QED) is 0.275. The Labute approximate surface area is 155 Å². The fourth-order valence-electron chi connectivity index (χ4n) is 3.12. The zero-order chi connectivity index (χ0) is 17.8. The second kappa shape index (κ2) is 17.9. The number of nitrogens with two attached hydrogens (primary N) is 4. The Morgan fingerprint density at radius 1 is 0.560 bits per heavy atom. The van der Waals surface area contributed by atoms with Gasteiger partial charge in [0.15, 0.2) is 0 Å². The van der Waals surface area contributed by atoms with Crippen LogP contribution in [0.25, 0.3) is 0 Å². The van der Waals surface area contributed by atoms with Gasteiger partial charge in [-0.1, -0.05) is 43.2 Å². The molecule has 1 aromatic carbocycles. The summed E-state index contributed by atoms with van der Waals surface area (Å²) in [6.07, 6.45) is 10.9. The molecule has 0 heterocycles. The summed E-state index contributed by atoms with van der Waals surface area (Å²) in [6.45, 7) is 8.28. The minimum atomic E-state index is 0.833. The van der Waals surface area contributed by atoms with Crippen LogP contribution < -0.4 is 21.7 Å². The van der Waals surface area contributed by atoms with Gasteiger partial charge in [0.1, 0.15) is 6.54 Å². The molecule has 0 atom stereocenters. The van der Waals surface area contributed by atoms with Gasteiger partial charge in [0, 0.05) is 18.4 Å². The lowest BCUT2D eigenvalue weighted by Gasteiger charge is -2.04. The molecular formula is C21H43N4+3. The van der Waals surface area contributed by atoms with Gasteiger partial charge in [-0.25, -0.2) is 0 Å². The summed E-state index contributed by atoms with van der Waals surface area (Å²) in [5.41, 5.74) is 6.92. The second-order valence-electron chi connectivity index (χ2n) is 7.12. The predicted octanol–water partition coefficient (Wildman–Crippen LogP) is -0.0437. The lowest BCUT2D eigenvalue weighted by atomic mass is 10.1. The van der Waals surface area contributed by atoms with Gasteiger partial charge in [0.05, 0.1) is 32.7 Å². The molecule has 1 rings (SSSR count). The van der Waals surface area contributed by atoms with E-state index in [2.05, 4.69) is 46.3 Å². The van der Waals surface area contributed by atoms with Crippen molar-refractivity contribution in [1.29, 1.82) is 0 Å². The SMILES string of the molecule is NCCC[NH2+]CCCCCCCC[NH2+]CCC[NH2+]Cc1ccccc1. The van der Waals surface area contributed by atoms with Gasteiger partial charge < -0.3 is 21.7 Å². The van der Waals surface area contributed by atoms with Crippen LogP contribution in [0.2, 0.25) is 0 Å². The van der Waals surface area contributed by atoms with Crippen LogP contribution in [0.1, 0.15) is 56.9 Å². The van der Waals surface area contributed by atoms with Gasteiger partial charge in [0.25, 0.3) is 0 Å². The maximum absolute atomic E-state index is 5.49. The van der Waals surface area contributed by atoms with E-state index in [1.165, 1.54) is 83.2 Å². The van der Waals surface area contributed by atoms with Gasteiger partial charge in [-0.2, -0.15) is 0 Å². The van der Waals surface area contributed by atoms with Crippen LogP contribution >= 0.6 is 0 Å². The summed E-state index contributed by atoms with van der Waals surface area (Å²) in [5, 5.41) is 7.35. The first-order valence-corrected chi connectivity index (χ1v) is 10.6. The van der Waals surface area contributed by atoms with Crippen LogP contribution in [-0.2, 0) is 6.54 Å². The highest BCUT2D eigenvalue weighted by atomic mass is 14.9. The van der Waals surface area contributed by atoms with E-state index in [4.69, 9.17) is 5.73 Å². The normalized spacial score (nSPS) is 11.1. The van der Waals surface area contributed by atoms with Gasteiger partial charge >= 0.3 is 0 Å². The number of hydrogen-bond acceptors (Lipinski definition) is 1. The average Bonchev–Trinajstić information content (AvgIpc) is 2.65. The van der Waals surface area contributed by atoms with Crippen molar-refractivity contribution in [1.82, 2.24) is 0 Å². The molecule has 4 nitrogen and oxygen atoms in total. The van der Waals surface area contributed by atoms with E-state index in [0.717, 1.165) is 19.5 Å². The van der Waals surface area contributed by atoms with E-state index in [1.807, 2.05) is 0 Å². The van der Waals surface area contributed by atoms with Gasteiger partial charge in [-0.15, -0.1) is 0 Å². The molecule has 0 spiro atoms. The maximum atomic E-state index is 5.49. The zero-order valence-electron chi connectivity index (χ0n) is 16.3.